The first-order valence-electron chi connectivity index (χ1n) is 6.53. The lowest BCUT2D eigenvalue weighted by atomic mass is 9.64. The largest absolute Gasteiger partial charge is 0.478 e. The van der Waals surface area contributed by atoms with Gasteiger partial charge in [-0.15, -0.1) is 0 Å². The zero-order valence-electron chi connectivity index (χ0n) is 11.8. The molecule has 1 amide bonds. The van der Waals surface area contributed by atoms with E-state index in [9.17, 15) is 9.59 Å². The molecule has 0 spiro atoms. The van der Waals surface area contributed by atoms with Gasteiger partial charge in [0.1, 0.15) is 0 Å². The van der Waals surface area contributed by atoms with Crippen LogP contribution in [-0.2, 0) is 4.74 Å². The van der Waals surface area contributed by atoms with Gasteiger partial charge in [-0.05, 0) is 24.6 Å². The molecular formula is C15H19NO4. The monoisotopic (exact) mass is 277 g/mol. The molecule has 0 heterocycles. The molecule has 2 N–H and O–H groups in total. The number of aromatic carboxylic acids is 1. The van der Waals surface area contributed by atoms with Crippen LogP contribution >= 0.6 is 0 Å². The maximum absolute atomic E-state index is 12.2. The van der Waals surface area contributed by atoms with E-state index in [1.54, 1.807) is 19.2 Å². The van der Waals surface area contributed by atoms with Gasteiger partial charge in [0.15, 0.2) is 0 Å². The van der Waals surface area contributed by atoms with Crippen LogP contribution in [0.4, 0.5) is 0 Å². The molecule has 0 saturated heterocycles. The van der Waals surface area contributed by atoms with Crippen molar-refractivity contribution in [1.82, 2.24) is 5.32 Å². The SMILES string of the molecule is COC1CC(NC(=O)c2cccc(C(=O)O)c2)C1(C)C. The van der Waals surface area contributed by atoms with E-state index in [2.05, 4.69) is 5.32 Å². The van der Waals surface area contributed by atoms with Crippen molar-refractivity contribution in [2.75, 3.05) is 7.11 Å². The Morgan fingerprint density at radius 2 is 2.00 bits per heavy atom. The van der Waals surface area contributed by atoms with Crippen LogP contribution in [0.2, 0.25) is 0 Å². The number of hydrogen-bond acceptors (Lipinski definition) is 3. The molecule has 0 radical (unpaired) electrons. The number of methoxy groups -OCH3 is 1. The van der Waals surface area contributed by atoms with Crippen molar-refractivity contribution in [2.24, 2.45) is 5.41 Å². The first-order valence-corrected chi connectivity index (χ1v) is 6.53. The third-order valence-corrected chi connectivity index (χ3v) is 4.14. The summed E-state index contributed by atoms with van der Waals surface area (Å²) in [6, 6.07) is 6.07. The van der Waals surface area contributed by atoms with E-state index in [1.807, 2.05) is 13.8 Å². The molecule has 2 atom stereocenters. The highest BCUT2D eigenvalue weighted by Crippen LogP contribution is 2.42. The molecule has 0 aliphatic heterocycles. The summed E-state index contributed by atoms with van der Waals surface area (Å²) in [5, 5.41) is 11.9. The van der Waals surface area contributed by atoms with Crippen molar-refractivity contribution in [3.63, 3.8) is 0 Å². The van der Waals surface area contributed by atoms with Crippen molar-refractivity contribution in [3.8, 4) is 0 Å². The molecule has 0 aromatic heterocycles. The molecule has 1 aromatic rings. The van der Waals surface area contributed by atoms with Crippen LogP contribution in [0.1, 0.15) is 41.0 Å². The van der Waals surface area contributed by atoms with Crippen LogP contribution in [0.15, 0.2) is 24.3 Å². The average Bonchev–Trinajstić information content (AvgIpc) is 2.42. The van der Waals surface area contributed by atoms with Crippen molar-refractivity contribution in [2.45, 2.75) is 32.4 Å². The van der Waals surface area contributed by atoms with Gasteiger partial charge < -0.3 is 15.2 Å². The number of amides is 1. The lowest BCUT2D eigenvalue weighted by Crippen LogP contribution is -2.61. The van der Waals surface area contributed by atoms with Crippen LogP contribution in [0.25, 0.3) is 0 Å². The standard InChI is InChI=1S/C15H19NO4/c1-15(2)11(8-12(15)20-3)16-13(17)9-5-4-6-10(7-9)14(18)19/h4-7,11-12H,8H2,1-3H3,(H,16,17)(H,18,19). The number of carbonyl (C=O) groups is 2. The van der Waals surface area contributed by atoms with Gasteiger partial charge >= 0.3 is 5.97 Å². The Kier molecular flexibility index (Phi) is 3.81. The van der Waals surface area contributed by atoms with E-state index < -0.39 is 5.97 Å². The highest BCUT2D eigenvalue weighted by Gasteiger charge is 2.49. The van der Waals surface area contributed by atoms with Gasteiger partial charge in [-0.2, -0.15) is 0 Å². The molecule has 1 saturated carbocycles. The predicted octanol–water partition coefficient (Wildman–Crippen LogP) is 1.93. The van der Waals surface area contributed by atoms with Gasteiger partial charge in [-0.25, -0.2) is 4.79 Å². The van der Waals surface area contributed by atoms with Crippen LogP contribution in [-0.4, -0.2) is 36.2 Å². The number of nitrogens with one attached hydrogen (secondary N) is 1. The van der Waals surface area contributed by atoms with Crippen molar-refractivity contribution in [1.29, 1.82) is 0 Å². The zero-order chi connectivity index (χ0) is 14.9. The van der Waals surface area contributed by atoms with Crippen LogP contribution in [0, 0.1) is 5.41 Å². The Labute approximate surface area is 117 Å². The van der Waals surface area contributed by atoms with E-state index in [-0.39, 0.29) is 29.0 Å². The van der Waals surface area contributed by atoms with Crippen molar-refractivity contribution >= 4 is 11.9 Å². The number of hydrogen-bond donors (Lipinski definition) is 2. The molecule has 20 heavy (non-hydrogen) atoms. The van der Waals surface area contributed by atoms with E-state index in [4.69, 9.17) is 9.84 Å². The number of benzene rings is 1. The van der Waals surface area contributed by atoms with Gasteiger partial charge in [0.05, 0.1) is 11.7 Å². The fourth-order valence-electron chi connectivity index (χ4n) is 2.57. The summed E-state index contributed by atoms with van der Waals surface area (Å²) in [6.07, 6.45) is 0.909. The number of ether oxygens (including phenoxy) is 1. The normalized spacial score (nSPS) is 23.8. The zero-order valence-corrected chi connectivity index (χ0v) is 11.8. The highest BCUT2D eigenvalue weighted by molar-refractivity contribution is 5.97. The quantitative estimate of drug-likeness (QED) is 0.881. The molecule has 1 aliphatic carbocycles. The Bertz CT molecular complexity index is 538. The van der Waals surface area contributed by atoms with Crippen LogP contribution < -0.4 is 5.32 Å². The maximum atomic E-state index is 12.2. The summed E-state index contributed by atoms with van der Waals surface area (Å²) < 4.78 is 5.34. The van der Waals surface area contributed by atoms with E-state index in [1.165, 1.54) is 12.1 Å². The molecule has 5 nitrogen and oxygen atoms in total. The minimum atomic E-state index is -1.04. The number of rotatable bonds is 4. The molecule has 1 fully saturated rings. The van der Waals surface area contributed by atoms with Gasteiger partial charge in [0, 0.05) is 24.1 Å². The second-order valence-corrected chi connectivity index (χ2v) is 5.69. The summed E-state index contributed by atoms with van der Waals surface area (Å²) in [5.74, 6) is -1.29. The molecule has 1 aliphatic rings. The fraction of sp³-hybridized carbons (Fsp3) is 0.467. The minimum absolute atomic E-state index is 0.0356. The van der Waals surface area contributed by atoms with Crippen molar-refractivity contribution < 1.29 is 19.4 Å². The van der Waals surface area contributed by atoms with E-state index in [0.717, 1.165) is 6.42 Å². The first-order chi connectivity index (χ1) is 9.36. The van der Waals surface area contributed by atoms with E-state index in [0.29, 0.717) is 5.56 Å². The first kappa shape index (κ1) is 14.5. The Morgan fingerprint density at radius 1 is 1.35 bits per heavy atom. The van der Waals surface area contributed by atoms with Gasteiger partial charge in [0.25, 0.3) is 5.91 Å². The van der Waals surface area contributed by atoms with Gasteiger partial charge in [0.2, 0.25) is 0 Å². The van der Waals surface area contributed by atoms with Gasteiger partial charge in [-0.3, -0.25) is 4.79 Å². The Hall–Kier alpha value is -1.88. The summed E-state index contributed by atoms with van der Waals surface area (Å²) >= 11 is 0. The summed E-state index contributed by atoms with van der Waals surface area (Å²) in [5.41, 5.74) is 0.358. The summed E-state index contributed by atoms with van der Waals surface area (Å²) in [4.78, 5) is 23.1. The number of carbonyl (C=O) groups excluding carboxylic acids is 1. The third-order valence-electron chi connectivity index (χ3n) is 4.14. The van der Waals surface area contributed by atoms with E-state index >= 15 is 0 Å². The Balaban J connectivity index is 2.06. The average molecular weight is 277 g/mol. The summed E-state index contributed by atoms with van der Waals surface area (Å²) in [7, 11) is 1.67. The van der Waals surface area contributed by atoms with Crippen LogP contribution in [0.5, 0.6) is 0 Å². The Morgan fingerprint density at radius 3 is 2.55 bits per heavy atom. The topological polar surface area (TPSA) is 75.6 Å². The number of carboxylic acid groups (broad SMARTS) is 1. The molecular weight excluding hydrogens is 258 g/mol. The second-order valence-electron chi connectivity index (χ2n) is 5.69. The van der Waals surface area contributed by atoms with Gasteiger partial charge in [-0.1, -0.05) is 19.9 Å². The lowest BCUT2D eigenvalue weighted by Gasteiger charge is -2.51. The molecule has 1 aromatic carbocycles. The van der Waals surface area contributed by atoms with Crippen LogP contribution in [0.3, 0.4) is 0 Å². The predicted molar refractivity (Wildman–Crippen MR) is 73.9 cm³/mol. The second kappa shape index (κ2) is 5.25. The summed E-state index contributed by atoms with van der Waals surface area (Å²) in [6.45, 7) is 4.09. The van der Waals surface area contributed by atoms with Crippen molar-refractivity contribution in [3.05, 3.63) is 35.4 Å². The lowest BCUT2D eigenvalue weighted by molar-refractivity contribution is -0.0942. The third kappa shape index (κ3) is 2.54. The number of carboxylic acids is 1. The smallest absolute Gasteiger partial charge is 0.335 e. The minimum Gasteiger partial charge on any atom is -0.478 e. The molecule has 0 bridgehead atoms. The highest BCUT2D eigenvalue weighted by atomic mass is 16.5. The molecule has 2 unspecified atom stereocenters. The molecule has 5 heteroatoms. The molecule has 108 valence electrons. The fourth-order valence-corrected chi connectivity index (χ4v) is 2.57. The molecule has 2 rings (SSSR count). The maximum Gasteiger partial charge on any atom is 0.335 e.